The molecule has 2 heterocycles. The largest absolute Gasteiger partial charge is 0.416 e. The van der Waals surface area contributed by atoms with Crippen LogP contribution < -0.4 is 5.32 Å². The fraction of sp³-hybridized carbons (Fsp3) is 0.577. The Bertz CT molecular complexity index is 1170. The molecule has 0 saturated carbocycles. The molecule has 7 nitrogen and oxygen atoms in total. The van der Waals surface area contributed by atoms with Gasteiger partial charge in [0.25, 0.3) is 0 Å². The van der Waals surface area contributed by atoms with Gasteiger partial charge in [-0.2, -0.15) is 31.3 Å². The molecule has 1 saturated heterocycles. The Labute approximate surface area is 233 Å². The fourth-order valence-electron chi connectivity index (χ4n) is 4.87. The van der Waals surface area contributed by atoms with Crippen molar-refractivity contribution in [3.63, 3.8) is 0 Å². The summed E-state index contributed by atoms with van der Waals surface area (Å²) in [7, 11) is 4.96. The van der Waals surface area contributed by atoms with Crippen molar-refractivity contribution < 1.29 is 40.7 Å². The number of alkyl halides is 6. The molecule has 0 aliphatic carbocycles. The molecule has 1 aromatic carbocycles. The molecule has 0 aromatic heterocycles. The van der Waals surface area contributed by atoms with Crippen molar-refractivity contribution in [2.24, 2.45) is 10.9 Å². The number of ether oxygens (including phenoxy) is 1. The number of carbonyl (C=O) groups excluding carboxylic acids is 2. The summed E-state index contributed by atoms with van der Waals surface area (Å²) >= 11 is 0.882. The summed E-state index contributed by atoms with van der Waals surface area (Å²) < 4.78 is 85.0. The fourth-order valence-corrected chi connectivity index (χ4v) is 5.65. The molecule has 0 spiro atoms. The predicted molar refractivity (Wildman–Crippen MR) is 140 cm³/mol. The number of allylic oxidation sites excluding steroid dienone is 1. The third-order valence-electron chi connectivity index (χ3n) is 6.98. The molecule has 1 aromatic rings. The van der Waals surface area contributed by atoms with E-state index in [1.165, 1.54) is 7.11 Å². The van der Waals surface area contributed by atoms with E-state index >= 15 is 0 Å². The quantitative estimate of drug-likeness (QED) is 0.417. The minimum atomic E-state index is -4.92. The number of likely N-dealkylation sites (tertiary alicyclic amines) is 1. The lowest BCUT2D eigenvalue weighted by Crippen LogP contribution is -2.57. The second-order valence-corrected chi connectivity index (χ2v) is 11.5. The van der Waals surface area contributed by atoms with E-state index in [2.05, 4.69) is 10.3 Å². The van der Waals surface area contributed by atoms with Gasteiger partial charge in [-0.25, -0.2) is 0 Å². The van der Waals surface area contributed by atoms with E-state index in [9.17, 15) is 35.9 Å². The number of aliphatic imine (C=N–C) groups is 1. The first kappa shape index (κ1) is 32.1. The first-order valence-electron chi connectivity index (χ1n) is 12.5. The molecule has 1 N–H and O–H groups in total. The molecule has 2 aliphatic rings. The van der Waals surface area contributed by atoms with Crippen LogP contribution in [-0.2, 0) is 28.4 Å². The number of carbonyl (C=O) groups is 2. The standard InChI is InChI=1S/C26H32F6N4O3S/c1-24(2,39-5)20(35(3)4)22(37)33-21-19(40-23(38)34-21)12-15-8-10-36(11-9-15)14-16-6-7-17(25(27,28)29)13-18(16)26(30,31)32/h6-7,12-13,15,20H,8-11,14H2,1-5H3,(H,33,34,37,38)/b19-12-/t20-/m1/s1. The number of likely N-dealkylation sites (N-methyl/N-ethyl adjacent to an activating group) is 1. The normalized spacial score (nSPS) is 19.9. The van der Waals surface area contributed by atoms with Crippen molar-refractivity contribution >= 4 is 28.7 Å². The summed E-state index contributed by atoms with van der Waals surface area (Å²) in [6.07, 6.45) is -6.89. The molecule has 222 valence electrons. The van der Waals surface area contributed by atoms with Gasteiger partial charge in [-0.1, -0.05) is 12.1 Å². The highest BCUT2D eigenvalue weighted by atomic mass is 32.2. The number of halogens is 6. The number of piperidine rings is 1. The van der Waals surface area contributed by atoms with Crippen molar-refractivity contribution in [1.29, 1.82) is 0 Å². The monoisotopic (exact) mass is 594 g/mol. The molecule has 1 atom stereocenters. The SMILES string of the molecule is COC(C)(C)[C@@H](C(=O)NC1=NC(=O)S/C1=C\C1CCN(Cc2ccc(C(F)(F)F)cc2C(F)(F)F)CC1)N(C)C. The average Bonchev–Trinajstić information content (AvgIpc) is 3.16. The number of amidine groups is 1. The highest BCUT2D eigenvalue weighted by molar-refractivity contribution is 8.18. The van der Waals surface area contributed by atoms with Crippen LogP contribution in [0.25, 0.3) is 0 Å². The summed E-state index contributed by atoms with van der Waals surface area (Å²) in [6.45, 7) is 4.18. The lowest BCUT2D eigenvalue weighted by atomic mass is 9.95. The molecule has 1 fully saturated rings. The third-order valence-corrected chi connectivity index (χ3v) is 7.80. The number of amides is 2. The zero-order valence-electron chi connectivity index (χ0n) is 22.7. The number of hydrogen-bond acceptors (Lipinski definition) is 6. The summed E-state index contributed by atoms with van der Waals surface area (Å²) in [5, 5.41) is 2.25. The number of benzene rings is 1. The summed E-state index contributed by atoms with van der Waals surface area (Å²) in [6, 6.07) is 1.03. The lowest BCUT2D eigenvalue weighted by Gasteiger charge is -2.36. The van der Waals surface area contributed by atoms with Gasteiger partial charge >= 0.3 is 17.6 Å². The van der Waals surface area contributed by atoms with Crippen molar-refractivity contribution in [2.45, 2.75) is 57.2 Å². The Hall–Kier alpha value is -2.42. The molecular formula is C26H32F6N4O3S. The molecule has 40 heavy (non-hydrogen) atoms. The van der Waals surface area contributed by atoms with E-state index < -0.39 is 46.3 Å². The number of thioether (sulfide) groups is 1. The van der Waals surface area contributed by atoms with Gasteiger partial charge in [-0.3, -0.25) is 19.4 Å². The van der Waals surface area contributed by atoms with Gasteiger partial charge in [0, 0.05) is 13.7 Å². The van der Waals surface area contributed by atoms with Crippen LogP contribution in [0.1, 0.15) is 43.4 Å². The van der Waals surface area contributed by atoms with Crippen molar-refractivity contribution in [3.05, 3.63) is 45.9 Å². The maximum Gasteiger partial charge on any atom is 0.416 e. The van der Waals surface area contributed by atoms with Gasteiger partial charge in [0.2, 0.25) is 5.91 Å². The van der Waals surface area contributed by atoms with Crippen molar-refractivity contribution in [3.8, 4) is 0 Å². The Kier molecular flexibility index (Phi) is 9.80. The van der Waals surface area contributed by atoms with Crippen LogP contribution in [0.3, 0.4) is 0 Å². The lowest BCUT2D eigenvalue weighted by molar-refractivity contribution is -0.143. The van der Waals surface area contributed by atoms with Crippen LogP contribution in [0.15, 0.2) is 34.2 Å². The van der Waals surface area contributed by atoms with Crippen LogP contribution in [0.2, 0.25) is 0 Å². The van der Waals surface area contributed by atoms with Crippen LogP contribution >= 0.6 is 11.8 Å². The minimum absolute atomic E-state index is 0.0403. The predicted octanol–water partition coefficient (Wildman–Crippen LogP) is 5.56. The van der Waals surface area contributed by atoms with Crippen LogP contribution in [0.5, 0.6) is 0 Å². The Morgan fingerprint density at radius 1 is 1.18 bits per heavy atom. The van der Waals surface area contributed by atoms with Gasteiger partial charge in [0.05, 0.1) is 21.6 Å². The number of nitrogens with one attached hydrogen (secondary N) is 1. The zero-order chi connectivity index (χ0) is 30.0. The van der Waals surface area contributed by atoms with Crippen LogP contribution in [0.4, 0.5) is 31.1 Å². The number of rotatable bonds is 7. The summed E-state index contributed by atoms with van der Waals surface area (Å²) in [4.78, 5) is 33.0. The van der Waals surface area contributed by atoms with E-state index in [0.29, 0.717) is 36.9 Å². The molecular weight excluding hydrogens is 562 g/mol. The number of hydrogen-bond donors (Lipinski definition) is 1. The van der Waals surface area contributed by atoms with Gasteiger partial charge < -0.3 is 10.1 Å². The minimum Gasteiger partial charge on any atom is -0.377 e. The molecule has 0 radical (unpaired) electrons. The first-order valence-corrected chi connectivity index (χ1v) is 13.3. The second kappa shape index (κ2) is 12.2. The van der Waals surface area contributed by atoms with Crippen molar-refractivity contribution in [2.75, 3.05) is 34.3 Å². The van der Waals surface area contributed by atoms with E-state index in [0.717, 1.165) is 17.8 Å². The summed E-state index contributed by atoms with van der Waals surface area (Å²) in [5.41, 5.74) is -3.69. The molecule has 0 bridgehead atoms. The molecule has 3 rings (SSSR count). The Morgan fingerprint density at radius 3 is 2.33 bits per heavy atom. The second-order valence-electron chi connectivity index (χ2n) is 10.5. The third kappa shape index (κ3) is 7.86. The zero-order valence-corrected chi connectivity index (χ0v) is 23.6. The Balaban J connectivity index is 1.68. The number of nitrogens with zero attached hydrogens (tertiary/aromatic N) is 3. The topological polar surface area (TPSA) is 74.2 Å². The van der Waals surface area contributed by atoms with Gasteiger partial charge in [-0.05, 0) is 89.2 Å². The van der Waals surface area contributed by atoms with E-state index in [-0.39, 0.29) is 29.9 Å². The van der Waals surface area contributed by atoms with Gasteiger partial charge in [-0.15, -0.1) is 0 Å². The van der Waals surface area contributed by atoms with Gasteiger partial charge in [0.15, 0.2) is 5.84 Å². The molecule has 2 amide bonds. The number of methoxy groups -OCH3 is 1. The van der Waals surface area contributed by atoms with Gasteiger partial charge in [0.1, 0.15) is 6.04 Å². The van der Waals surface area contributed by atoms with Crippen LogP contribution in [-0.4, -0.2) is 72.7 Å². The molecule has 14 heteroatoms. The molecule has 2 aliphatic heterocycles. The maximum atomic E-state index is 13.5. The highest BCUT2D eigenvalue weighted by Gasteiger charge is 2.40. The Morgan fingerprint density at radius 2 is 1.80 bits per heavy atom. The van der Waals surface area contributed by atoms with Crippen LogP contribution in [0, 0.1) is 5.92 Å². The smallest absolute Gasteiger partial charge is 0.377 e. The van der Waals surface area contributed by atoms with E-state index in [1.807, 2.05) is 6.08 Å². The molecule has 0 unspecified atom stereocenters. The van der Waals surface area contributed by atoms with E-state index in [4.69, 9.17) is 4.74 Å². The maximum absolute atomic E-state index is 13.5. The summed E-state index contributed by atoms with van der Waals surface area (Å²) in [5.74, 6) is -0.300. The average molecular weight is 595 g/mol. The van der Waals surface area contributed by atoms with Crippen molar-refractivity contribution in [1.82, 2.24) is 15.1 Å². The first-order chi connectivity index (χ1) is 18.4. The van der Waals surface area contributed by atoms with E-state index in [1.54, 1.807) is 37.7 Å². The highest BCUT2D eigenvalue weighted by Crippen LogP contribution is 2.38.